The van der Waals surface area contributed by atoms with Crippen LogP contribution in [0.1, 0.15) is 16.1 Å². The number of anilines is 1. The third-order valence-electron chi connectivity index (χ3n) is 4.95. The molecule has 4 aromatic rings. The second-order valence-corrected chi connectivity index (χ2v) is 9.12. The molecule has 0 aliphatic rings. The number of nitriles is 1. The molecular formula is C24H15Cl2N5O3S. The number of carbonyl (C=O) groups excluding carboxylic acids is 1. The lowest BCUT2D eigenvalue weighted by Gasteiger charge is -2.07. The van der Waals surface area contributed by atoms with Gasteiger partial charge in [-0.3, -0.25) is 20.2 Å². The summed E-state index contributed by atoms with van der Waals surface area (Å²) < 4.78 is 1.71. The van der Waals surface area contributed by atoms with Crippen LogP contribution in [0, 0.1) is 21.4 Å². The monoisotopic (exact) mass is 523 g/mol. The summed E-state index contributed by atoms with van der Waals surface area (Å²) in [4.78, 5) is 28.2. The molecule has 0 fully saturated rings. The topological polar surface area (TPSA) is 114 Å². The van der Waals surface area contributed by atoms with Crippen LogP contribution in [-0.4, -0.2) is 20.4 Å². The highest BCUT2D eigenvalue weighted by Gasteiger charge is 2.15. The van der Waals surface area contributed by atoms with E-state index in [-0.39, 0.29) is 11.3 Å². The third kappa shape index (κ3) is 5.58. The molecule has 0 saturated heterocycles. The fraction of sp³-hybridized carbons (Fsp3) is 0.0417. The van der Waals surface area contributed by atoms with Gasteiger partial charge >= 0.3 is 0 Å². The molecule has 0 spiro atoms. The highest BCUT2D eigenvalue weighted by molar-refractivity contribution is 7.15. The number of nitrogens with zero attached hydrogens (tertiary/aromatic N) is 4. The molecule has 8 nitrogen and oxygen atoms in total. The number of non-ortho nitro benzene ring substituents is 1. The van der Waals surface area contributed by atoms with Gasteiger partial charge in [0.25, 0.3) is 11.6 Å². The van der Waals surface area contributed by atoms with Crippen molar-refractivity contribution >= 4 is 57.3 Å². The molecule has 0 unspecified atom stereocenters. The number of hydrogen-bond donors (Lipinski definition) is 1. The summed E-state index contributed by atoms with van der Waals surface area (Å²) in [7, 11) is 0. The number of rotatable bonds is 7. The summed E-state index contributed by atoms with van der Waals surface area (Å²) in [5.74, 6) is -0.606. The summed E-state index contributed by atoms with van der Waals surface area (Å²) in [5.41, 5.74) is 1.89. The molecule has 0 atom stereocenters. The van der Waals surface area contributed by atoms with Crippen LogP contribution in [0.4, 0.5) is 10.8 Å². The first kappa shape index (κ1) is 24.2. The van der Waals surface area contributed by atoms with E-state index in [1.54, 1.807) is 47.3 Å². The van der Waals surface area contributed by atoms with Crippen molar-refractivity contribution in [2.24, 2.45) is 0 Å². The minimum absolute atomic E-state index is 0.0319. The van der Waals surface area contributed by atoms with Gasteiger partial charge in [-0.15, -0.1) is 11.3 Å². The fourth-order valence-electron chi connectivity index (χ4n) is 3.26. The minimum atomic E-state index is -0.606. The van der Waals surface area contributed by atoms with Crippen molar-refractivity contribution in [2.45, 2.75) is 6.42 Å². The first-order valence-electron chi connectivity index (χ1n) is 10.1. The van der Waals surface area contributed by atoms with E-state index in [9.17, 15) is 20.2 Å². The zero-order valence-corrected chi connectivity index (χ0v) is 20.1. The van der Waals surface area contributed by atoms with Crippen molar-refractivity contribution in [3.05, 3.63) is 109 Å². The Labute approximate surface area is 213 Å². The molecule has 2 aromatic carbocycles. The van der Waals surface area contributed by atoms with Crippen molar-refractivity contribution in [3.63, 3.8) is 0 Å². The maximum Gasteiger partial charge on any atom is 0.269 e. The largest absolute Gasteiger partial charge is 0.317 e. The Kier molecular flexibility index (Phi) is 7.27. The Morgan fingerprint density at radius 3 is 2.69 bits per heavy atom. The van der Waals surface area contributed by atoms with Crippen LogP contribution in [-0.2, 0) is 11.2 Å². The predicted molar refractivity (Wildman–Crippen MR) is 136 cm³/mol. The molecule has 35 heavy (non-hydrogen) atoms. The number of nitro groups is 1. The number of thiazole rings is 1. The van der Waals surface area contributed by atoms with Gasteiger partial charge in [0.1, 0.15) is 11.6 Å². The zero-order chi connectivity index (χ0) is 24.9. The summed E-state index contributed by atoms with van der Waals surface area (Å²) in [6, 6.07) is 16.7. The van der Waals surface area contributed by atoms with E-state index >= 15 is 0 Å². The summed E-state index contributed by atoms with van der Waals surface area (Å²) in [5, 5.41) is 24.4. The Bertz CT molecular complexity index is 1490. The van der Waals surface area contributed by atoms with E-state index in [2.05, 4.69) is 10.3 Å². The molecule has 1 amide bonds. The van der Waals surface area contributed by atoms with Gasteiger partial charge < -0.3 is 4.57 Å². The number of amides is 1. The van der Waals surface area contributed by atoms with Crippen LogP contribution in [0.25, 0.3) is 11.8 Å². The van der Waals surface area contributed by atoms with E-state index in [1.807, 2.05) is 18.2 Å². The molecule has 0 bridgehead atoms. The van der Waals surface area contributed by atoms with Gasteiger partial charge in [0, 0.05) is 47.2 Å². The molecule has 0 aliphatic carbocycles. The number of nitrogens with one attached hydrogen (secondary N) is 1. The van der Waals surface area contributed by atoms with Gasteiger partial charge in [-0.2, -0.15) is 5.26 Å². The van der Waals surface area contributed by atoms with Gasteiger partial charge in [-0.25, -0.2) is 4.98 Å². The van der Waals surface area contributed by atoms with Crippen LogP contribution in [0.2, 0.25) is 10.0 Å². The number of carbonyl (C=O) groups is 1. The first-order valence-corrected chi connectivity index (χ1v) is 11.7. The van der Waals surface area contributed by atoms with Crippen LogP contribution >= 0.6 is 34.5 Å². The SMILES string of the molecule is N#CC(=Cc1cccn1-c1ccc([N+](=O)[O-])cc1)C(=O)Nc1ncc(Cc2cccc(Cl)c2Cl)s1. The van der Waals surface area contributed by atoms with Crippen LogP contribution < -0.4 is 5.32 Å². The normalized spacial score (nSPS) is 11.2. The number of hydrogen-bond acceptors (Lipinski definition) is 6. The Morgan fingerprint density at radius 2 is 1.97 bits per heavy atom. The fourth-order valence-corrected chi connectivity index (χ4v) is 4.48. The van der Waals surface area contributed by atoms with Gasteiger partial charge in [-0.05, 0) is 42.0 Å². The number of benzene rings is 2. The second-order valence-electron chi connectivity index (χ2n) is 7.22. The van der Waals surface area contributed by atoms with Gasteiger partial charge in [0.15, 0.2) is 5.13 Å². The Hall–Kier alpha value is -3.97. The number of aromatic nitrogens is 2. The standard InChI is InChI=1S/C24H15Cl2N5O3S/c25-21-5-1-3-15(22(21)26)12-20-14-28-24(35-20)29-23(32)16(13-27)11-19-4-2-10-30(19)17-6-8-18(9-7-17)31(33)34/h1-11,14H,12H2,(H,28,29,32). The zero-order valence-electron chi connectivity index (χ0n) is 17.8. The van der Waals surface area contributed by atoms with Crippen molar-refractivity contribution in [3.8, 4) is 11.8 Å². The van der Waals surface area contributed by atoms with Gasteiger partial charge in [-0.1, -0.05) is 35.3 Å². The van der Waals surface area contributed by atoms with E-state index in [4.69, 9.17) is 23.2 Å². The number of nitro benzene ring substituents is 1. The maximum absolute atomic E-state index is 12.7. The molecule has 2 heterocycles. The van der Waals surface area contributed by atoms with E-state index in [0.717, 1.165) is 10.4 Å². The van der Waals surface area contributed by atoms with Crippen LogP contribution in [0.3, 0.4) is 0 Å². The quantitative estimate of drug-likeness (QED) is 0.132. The van der Waals surface area contributed by atoms with E-state index in [1.165, 1.54) is 29.5 Å². The molecule has 0 aliphatic heterocycles. The van der Waals surface area contributed by atoms with Crippen molar-refractivity contribution in [1.82, 2.24) is 9.55 Å². The highest BCUT2D eigenvalue weighted by atomic mass is 35.5. The smallest absolute Gasteiger partial charge is 0.269 e. The van der Waals surface area contributed by atoms with Gasteiger partial charge in [0.2, 0.25) is 0 Å². The average molecular weight is 524 g/mol. The molecule has 4 rings (SSSR count). The van der Waals surface area contributed by atoms with Crippen LogP contribution in [0.15, 0.2) is 72.6 Å². The molecule has 11 heteroatoms. The lowest BCUT2D eigenvalue weighted by molar-refractivity contribution is -0.384. The first-order chi connectivity index (χ1) is 16.9. The maximum atomic E-state index is 12.7. The van der Waals surface area contributed by atoms with Crippen molar-refractivity contribution in [2.75, 3.05) is 5.32 Å². The summed E-state index contributed by atoms with van der Waals surface area (Å²) >= 11 is 13.6. The van der Waals surface area contributed by atoms with Gasteiger partial charge in [0.05, 0.1) is 15.0 Å². The molecule has 1 N–H and O–H groups in total. The highest BCUT2D eigenvalue weighted by Crippen LogP contribution is 2.29. The lowest BCUT2D eigenvalue weighted by atomic mass is 10.1. The molecule has 0 radical (unpaired) electrons. The van der Waals surface area contributed by atoms with E-state index in [0.29, 0.717) is 33.0 Å². The minimum Gasteiger partial charge on any atom is -0.317 e. The third-order valence-corrected chi connectivity index (χ3v) is 6.72. The average Bonchev–Trinajstić information content (AvgIpc) is 3.49. The molecule has 174 valence electrons. The number of halogens is 2. The van der Waals surface area contributed by atoms with E-state index < -0.39 is 10.8 Å². The van der Waals surface area contributed by atoms with Crippen molar-refractivity contribution in [1.29, 1.82) is 5.26 Å². The van der Waals surface area contributed by atoms with Crippen LogP contribution in [0.5, 0.6) is 0 Å². The Morgan fingerprint density at radius 1 is 1.20 bits per heavy atom. The Balaban J connectivity index is 1.50. The molecule has 0 saturated carbocycles. The molecule has 2 aromatic heterocycles. The van der Waals surface area contributed by atoms with Crippen molar-refractivity contribution < 1.29 is 9.72 Å². The lowest BCUT2D eigenvalue weighted by Crippen LogP contribution is -2.13. The molecular weight excluding hydrogens is 509 g/mol. The summed E-state index contributed by atoms with van der Waals surface area (Å²) in [6.45, 7) is 0. The summed E-state index contributed by atoms with van der Waals surface area (Å²) in [6.07, 6.45) is 5.30. The predicted octanol–water partition coefficient (Wildman–Crippen LogP) is 6.29. The second kappa shape index (κ2) is 10.5.